The van der Waals surface area contributed by atoms with Crippen LogP contribution in [0.4, 0.5) is 0 Å². The predicted molar refractivity (Wildman–Crippen MR) is 58.9 cm³/mol. The fraction of sp³-hybridized carbons (Fsp3) is 0. The Hall–Kier alpha value is 0.825. The second-order valence-corrected chi connectivity index (χ2v) is 4.74. The van der Waals surface area contributed by atoms with Crippen molar-refractivity contribution in [1.82, 2.24) is 0 Å². The van der Waals surface area contributed by atoms with E-state index in [1.807, 2.05) is 18.2 Å². The van der Waals surface area contributed by atoms with E-state index < -0.39 is 5.54 Å². The first-order valence-electron chi connectivity index (χ1n) is 2.85. The highest BCUT2D eigenvalue weighted by Gasteiger charge is 2.16. The van der Waals surface area contributed by atoms with E-state index in [9.17, 15) is 0 Å². The quantitative estimate of drug-likeness (QED) is 0.697. The molecule has 0 aliphatic heterocycles. The molecule has 0 unspecified atom stereocenters. The van der Waals surface area contributed by atoms with Crippen LogP contribution < -0.4 is 5.46 Å². The van der Waals surface area contributed by atoms with E-state index in [1.54, 1.807) is 0 Å². The summed E-state index contributed by atoms with van der Waals surface area (Å²) in [6, 6.07) is 5.71. The molecular formula is C6H3BBr2Cl2. The van der Waals surface area contributed by atoms with Crippen LogP contribution in [0.25, 0.3) is 0 Å². The number of hydrogen-bond donors (Lipinski definition) is 0. The molecule has 0 spiro atoms. The van der Waals surface area contributed by atoms with Gasteiger partial charge in [-0.15, -0.1) is 0 Å². The molecule has 58 valence electrons. The maximum Gasteiger partial charge on any atom is 0.385 e. The van der Waals surface area contributed by atoms with Gasteiger partial charge in [-0.3, -0.25) is 0 Å². The van der Waals surface area contributed by atoms with Gasteiger partial charge >= 0.3 is 5.54 Å². The molecule has 0 atom stereocenters. The minimum absolute atomic E-state index is 0.500. The van der Waals surface area contributed by atoms with Crippen LogP contribution >= 0.6 is 54.8 Å². The van der Waals surface area contributed by atoms with Crippen molar-refractivity contribution in [1.29, 1.82) is 0 Å². The van der Waals surface area contributed by atoms with Crippen molar-refractivity contribution >= 4 is 65.8 Å². The van der Waals surface area contributed by atoms with Gasteiger partial charge in [0.15, 0.2) is 0 Å². The third-order valence-electron chi connectivity index (χ3n) is 1.22. The summed E-state index contributed by atoms with van der Waals surface area (Å²) in [6.07, 6.45) is 0. The SMILES string of the molecule is ClB(Cl)c1c(Br)cccc1Br. The average Bonchev–Trinajstić information content (AvgIpc) is 1.85. The van der Waals surface area contributed by atoms with Gasteiger partial charge in [0.25, 0.3) is 0 Å². The molecule has 0 heterocycles. The maximum absolute atomic E-state index is 5.72. The van der Waals surface area contributed by atoms with Gasteiger partial charge in [0, 0.05) is 8.95 Å². The number of halogens is 4. The van der Waals surface area contributed by atoms with Crippen LogP contribution in [0, 0.1) is 0 Å². The van der Waals surface area contributed by atoms with E-state index >= 15 is 0 Å². The lowest BCUT2D eigenvalue weighted by Crippen LogP contribution is -2.21. The summed E-state index contributed by atoms with van der Waals surface area (Å²) in [7, 11) is 0. The molecule has 11 heavy (non-hydrogen) atoms. The normalized spacial score (nSPS) is 9.82. The van der Waals surface area contributed by atoms with Crippen LogP contribution in [0.2, 0.25) is 0 Å². The van der Waals surface area contributed by atoms with E-state index in [-0.39, 0.29) is 0 Å². The molecule has 0 radical (unpaired) electrons. The lowest BCUT2D eigenvalue weighted by atomic mass is 9.93. The second-order valence-electron chi connectivity index (χ2n) is 1.94. The summed E-state index contributed by atoms with van der Waals surface area (Å²) in [5.41, 5.74) is 0.371. The van der Waals surface area contributed by atoms with Crippen LogP contribution in [0.15, 0.2) is 27.1 Å². The van der Waals surface area contributed by atoms with Crippen molar-refractivity contribution < 1.29 is 0 Å². The summed E-state index contributed by atoms with van der Waals surface area (Å²) < 4.78 is 1.84. The number of rotatable bonds is 1. The Balaban J connectivity index is 3.21. The summed E-state index contributed by atoms with van der Waals surface area (Å²) in [5.74, 6) is 0. The zero-order valence-electron chi connectivity index (χ0n) is 5.32. The van der Waals surface area contributed by atoms with Gasteiger partial charge in [-0.25, -0.2) is 0 Å². The van der Waals surface area contributed by atoms with Crippen molar-refractivity contribution in [2.45, 2.75) is 0 Å². The van der Waals surface area contributed by atoms with E-state index in [4.69, 9.17) is 22.9 Å². The van der Waals surface area contributed by atoms with Crippen LogP contribution in [-0.4, -0.2) is 5.54 Å². The predicted octanol–water partition coefficient (Wildman–Crippen LogP) is 3.38. The molecule has 0 nitrogen and oxygen atoms in total. The fourth-order valence-corrected chi connectivity index (χ4v) is 3.17. The highest BCUT2D eigenvalue weighted by Crippen LogP contribution is 2.17. The van der Waals surface area contributed by atoms with E-state index in [2.05, 4.69) is 31.9 Å². The molecule has 1 rings (SSSR count). The van der Waals surface area contributed by atoms with Crippen LogP contribution in [-0.2, 0) is 0 Å². The summed E-state index contributed by atoms with van der Waals surface area (Å²) in [6.45, 7) is 0. The topological polar surface area (TPSA) is 0 Å². The van der Waals surface area contributed by atoms with Crippen LogP contribution in [0.1, 0.15) is 0 Å². The van der Waals surface area contributed by atoms with Crippen molar-refractivity contribution in [3.63, 3.8) is 0 Å². The van der Waals surface area contributed by atoms with Gasteiger partial charge < -0.3 is 0 Å². The first-order chi connectivity index (χ1) is 5.13. The molecular weight excluding hydrogens is 314 g/mol. The molecule has 1 aromatic rings. The second kappa shape index (κ2) is 4.17. The lowest BCUT2D eigenvalue weighted by Gasteiger charge is -2.04. The van der Waals surface area contributed by atoms with E-state index in [1.165, 1.54) is 0 Å². The van der Waals surface area contributed by atoms with Crippen molar-refractivity contribution in [3.8, 4) is 0 Å². The first kappa shape index (κ1) is 9.91. The number of hydrogen-bond acceptors (Lipinski definition) is 0. The van der Waals surface area contributed by atoms with Crippen LogP contribution in [0.5, 0.6) is 0 Å². The van der Waals surface area contributed by atoms with Crippen molar-refractivity contribution in [3.05, 3.63) is 27.1 Å². The third-order valence-corrected chi connectivity index (χ3v) is 3.04. The van der Waals surface area contributed by atoms with Crippen molar-refractivity contribution in [2.75, 3.05) is 0 Å². The largest absolute Gasteiger partial charge is 0.385 e. The Bertz CT molecular complexity index is 245. The number of benzene rings is 1. The molecule has 0 aliphatic carbocycles. The molecule has 1 aromatic carbocycles. The minimum atomic E-state index is -0.500. The van der Waals surface area contributed by atoms with Gasteiger partial charge in [0.1, 0.15) is 0 Å². The van der Waals surface area contributed by atoms with Gasteiger partial charge in [-0.2, -0.15) is 22.9 Å². The Morgan fingerprint density at radius 1 is 1.09 bits per heavy atom. The van der Waals surface area contributed by atoms with Crippen molar-refractivity contribution in [2.24, 2.45) is 0 Å². The van der Waals surface area contributed by atoms with Gasteiger partial charge in [0.05, 0.1) is 0 Å². The van der Waals surface area contributed by atoms with E-state index in [0.717, 1.165) is 14.4 Å². The standard InChI is InChI=1S/C6H3BBr2Cl2/c8-4-2-1-3-5(9)6(4)7(10)11/h1-3H. The lowest BCUT2D eigenvalue weighted by molar-refractivity contribution is 1.66. The molecule has 0 saturated heterocycles. The first-order valence-corrected chi connectivity index (χ1v) is 5.31. The Morgan fingerprint density at radius 2 is 1.55 bits per heavy atom. The van der Waals surface area contributed by atoms with Gasteiger partial charge in [-0.05, 0) is 17.6 Å². The summed E-state index contributed by atoms with van der Waals surface area (Å²) >= 11 is 18.1. The highest BCUT2D eigenvalue weighted by molar-refractivity contribution is 9.11. The van der Waals surface area contributed by atoms with E-state index in [0.29, 0.717) is 0 Å². The molecule has 0 fully saturated rings. The fourth-order valence-electron chi connectivity index (χ4n) is 0.719. The molecule has 5 heteroatoms. The van der Waals surface area contributed by atoms with Gasteiger partial charge in [-0.1, -0.05) is 37.9 Å². The highest BCUT2D eigenvalue weighted by atomic mass is 79.9. The molecule has 0 N–H and O–H groups in total. The third kappa shape index (κ3) is 2.38. The smallest absolute Gasteiger partial charge is 0.164 e. The Morgan fingerprint density at radius 3 is 1.82 bits per heavy atom. The zero-order valence-corrected chi connectivity index (χ0v) is 10.0. The molecule has 0 amide bonds. The average molecular weight is 317 g/mol. The van der Waals surface area contributed by atoms with Crippen LogP contribution in [0.3, 0.4) is 0 Å². The maximum atomic E-state index is 5.72. The molecule has 0 saturated carbocycles. The minimum Gasteiger partial charge on any atom is -0.164 e. The monoisotopic (exact) mass is 314 g/mol. The molecule has 0 aliphatic rings. The molecule has 0 aromatic heterocycles. The Labute approximate surface area is 92.4 Å². The molecule has 0 bridgehead atoms. The Kier molecular flexibility index (Phi) is 3.76. The van der Waals surface area contributed by atoms with Gasteiger partial charge in [0.2, 0.25) is 0 Å². The summed E-state index contributed by atoms with van der Waals surface area (Å²) in [5, 5.41) is 0. The summed E-state index contributed by atoms with van der Waals surface area (Å²) in [4.78, 5) is 0. The zero-order chi connectivity index (χ0) is 8.43.